The van der Waals surface area contributed by atoms with Crippen LogP contribution in [0.4, 0.5) is 11.6 Å². The first-order chi connectivity index (χ1) is 13.2. The Labute approximate surface area is 158 Å². The molecular formula is C19H24N6O2. The summed E-state index contributed by atoms with van der Waals surface area (Å²) in [5.41, 5.74) is 2.13. The van der Waals surface area contributed by atoms with Crippen molar-refractivity contribution in [3.63, 3.8) is 0 Å². The van der Waals surface area contributed by atoms with Crippen molar-refractivity contribution in [2.45, 2.75) is 33.2 Å². The molecule has 3 heterocycles. The fourth-order valence-electron chi connectivity index (χ4n) is 2.52. The fourth-order valence-corrected chi connectivity index (χ4v) is 2.52. The minimum Gasteiger partial charge on any atom is -0.478 e. The second-order valence-corrected chi connectivity index (χ2v) is 5.86. The number of anilines is 2. The van der Waals surface area contributed by atoms with E-state index in [1.165, 1.54) is 0 Å². The molecule has 0 aliphatic heterocycles. The number of imidazole rings is 1. The van der Waals surface area contributed by atoms with Crippen LogP contribution in [-0.4, -0.2) is 37.7 Å². The Hall–Kier alpha value is -3.16. The Kier molecular flexibility index (Phi) is 6.19. The van der Waals surface area contributed by atoms with Gasteiger partial charge in [0.2, 0.25) is 17.7 Å². The van der Waals surface area contributed by atoms with Crippen molar-refractivity contribution >= 4 is 22.8 Å². The summed E-state index contributed by atoms with van der Waals surface area (Å²) in [6.45, 7) is 9.52. The summed E-state index contributed by atoms with van der Waals surface area (Å²) < 4.78 is 13.1. The SMILES string of the molecule is C=CCOc1nc(Nc2ccc(OCC)nc2)nc2c1ncn2CCCC. The molecular weight excluding hydrogens is 344 g/mol. The molecule has 0 fully saturated rings. The quantitative estimate of drug-likeness (QED) is 0.546. The van der Waals surface area contributed by atoms with Gasteiger partial charge in [0.1, 0.15) is 6.61 Å². The monoisotopic (exact) mass is 368 g/mol. The molecule has 0 saturated carbocycles. The number of unbranched alkanes of at least 4 members (excludes halogenated alkanes) is 1. The zero-order valence-electron chi connectivity index (χ0n) is 15.7. The van der Waals surface area contributed by atoms with E-state index in [0.29, 0.717) is 36.4 Å². The minimum atomic E-state index is 0.345. The molecule has 3 rings (SSSR count). The zero-order chi connectivity index (χ0) is 19.1. The second-order valence-electron chi connectivity index (χ2n) is 5.86. The van der Waals surface area contributed by atoms with Gasteiger partial charge in [-0.2, -0.15) is 9.97 Å². The minimum absolute atomic E-state index is 0.345. The van der Waals surface area contributed by atoms with Crippen molar-refractivity contribution in [1.29, 1.82) is 0 Å². The van der Waals surface area contributed by atoms with Gasteiger partial charge in [-0.25, -0.2) is 9.97 Å². The summed E-state index contributed by atoms with van der Waals surface area (Å²) in [5, 5.41) is 3.17. The number of aromatic nitrogens is 5. The molecule has 0 atom stereocenters. The summed E-state index contributed by atoms with van der Waals surface area (Å²) in [7, 11) is 0. The van der Waals surface area contributed by atoms with Gasteiger partial charge in [-0.05, 0) is 19.4 Å². The highest BCUT2D eigenvalue weighted by Gasteiger charge is 2.14. The molecule has 1 N–H and O–H groups in total. The molecule has 0 saturated heterocycles. The van der Waals surface area contributed by atoms with Gasteiger partial charge in [-0.3, -0.25) is 0 Å². The van der Waals surface area contributed by atoms with Crippen LogP contribution < -0.4 is 14.8 Å². The molecule has 3 aromatic heterocycles. The summed E-state index contributed by atoms with van der Waals surface area (Å²) in [5.74, 6) is 1.43. The lowest BCUT2D eigenvalue weighted by atomic mass is 10.3. The second kappa shape index (κ2) is 8.98. The van der Waals surface area contributed by atoms with E-state index in [9.17, 15) is 0 Å². The Morgan fingerprint density at radius 3 is 2.78 bits per heavy atom. The van der Waals surface area contributed by atoms with Gasteiger partial charge in [-0.15, -0.1) is 0 Å². The number of nitrogens with zero attached hydrogens (tertiary/aromatic N) is 5. The number of hydrogen-bond acceptors (Lipinski definition) is 7. The van der Waals surface area contributed by atoms with Crippen molar-refractivity contribution < 1.29 is 9.47 Å². The summed E-state index contributed by atoms with van der Waals surface area (Å²) in [6.07, 6.45) is 7.26. The smallest absolute Gasteiger partial charge is 0.247 e. The molecule has 0 aliphatic rings. The van der Waals surface area contributed by atoms with E-state index in [2.05, 4.69) is 38.8 Å². The van der Waals surface area contributed by atoms with E-state index in [4.69, 9.17) is 9.47 Å². The predicted molar refractivity (Wildman–Crippen MR) is 105 cm³/mol. The van der Waals surface area contributed by atoms with Crippen molar-refractivity contribution in [3.05, 3.63) is 37.3 Å². The van der Waals surface area contributed by atoms with Crippen LogP contribution in [0, 0.1) is 0 Å². The number of rotatable bonds is 10. The van der Waals surface area contributed by atoms with Crippen molar-refractivity contribution in [2.24, 2.45) is 0 Å². The molecule has 142 valence electrons. The van der Waals surface area contributed by atoms with E-state index in [1.54, 1.807) is 24.7 Å². The molecule has 0 amide bonds. The van der Waals surface area contributed by atoms with Gasteiger partial charge in [-0.1, -0.05) is 26.0 Å². The van der Waals surface area contributed by atoms with Crippen molar-refractivity contribution in [3.8, 4) is 11.8 Å². The van der Waals surface area contributed by atoms with Gasteiger partial charge >= 0.3 is 0 Å². The Bertz CT molecular complexity index is 891. The number of ether oxygens (including phenoxy) is 2. The summed E-state index contributed by atoms with van der Waals surface area (Å²) >= 11 is 0. The van der Waals surface area contributed by atoms with E-state index < -0.39 is 0 Å². The molecule has 3 aromatic rings. The lowest BCUT2D eigenvalue weighted by Crippen LogP contribution is -2.05. The molecule has 0 bridgehead atoms. The van der Waals surface area contributed by atoms with Crippen LogP contribution in [0.3, 0.4) is 0 Å². The summed E-state index contributed by atoms with van der Waals surface area (Å²) in [4.78, 5) is 17.8. The maximum absolute atomic E-state index is 5.70. The van der Waals surface area contributed by atoms with E-state index >= 15 is 0 Å². The Balaban J connectivity index is 1.91. The number of fused-ring (bicyclic) bond motifs is 1. The van der Waals surface area contributed by atoms with Gasteiger partial charge in [0.05, 0.1) is 24.8 Å². The van der Waals surface area contributed by atoms with Crippen LogP contribution in [0.25, 0.3) is 11.2 Å². The van der Waals surface area contributed by atoms with E-state index in [1.807, 2.05) is 17.6 Å². The third-order valence-electron chi connectivity index (χ3n) is 3.81. The molecule has 27 heavy (non-hydrogen) atoms. The van der Waals surface area contributed by atoms with Gasteiger partial charge < -0.3 is 19.4 Å². The number of pyridine rings is 1. The first kappa shape index (κ1) is 18.6. The molecule has 8 heteroatoms. The van der Waals surface area contributed by atoms with Crippen LogP contribution >= 0.6 is 0 Å². The standard InChI is InChI=1S/C19H24N6O2/c1-4-7-10-25-13-21-16-17(25)23-19(24-18(16)27-11-5-2)22-14-8-9-15(20-12-14)26-6-3/h5,8-9,12-13H,2,4,6-7,10-11H2,1,3H3,(H,22,23,24). The highest BCUT2D eigenvalue weighted by atomic mass is 16.5. The average molecular weight is 368 g/mol. The first-order valence-electron chi connectivity index (χ1n) is 9.07. The molecule has 0 unspecified atom stereocenters. The van der Waals surface area contributed by atoms with E-state index in [-0.39, 0.29) is 0 Å². The molecule has 0 aromatic carbocycles. The largest absolute Gasteiger partial charge is 0.478 e. The highest BCUT2D eigenvalue weighted by Crippen LogP contribution is 2.25. The van der Waals surface area contributed by atoms with Crippen LogP contribution in [0.5, 0.6) is 11.8 Å². The van der Waals surface area contributed by atoms with E-state index in [0.717, 1.165) is 30.7 Å². The first-order valence-corrected chi connectivity index (χ1v) is 9.07. The number of aryl methyl sites for hydroxylation is 1. The molecule has 0 spiro atoms. The van der Waals surface area contributed by atoms with Crippen molar-refractivity contribution in [1.82, 2.24) is 24.5 Å². The topological polar surface area (TPSA) is 87.0 Å². The fraction of sp³-hybridized carbons (Fsp3) is 0.368. The Morgan fingerprint density at radius 2 is 2.07 bits per heavy atom. The third kappa shape index (κ3) is 4.52. The van der Waals surface area contributed by atoms with Crippen LogP contribution in [0.15, 0.2) is 37.3 Å². The van der Waals surface area contributed by atoms with Crippen LogP contribution in [0.1, 0.15) is 26.7 Å². The maximum atomic E-state index is 5.70. The molecule has 0 radical (unpaired) electrons. The lowest BCUT2D eigenvalue weighted by Gasteiger charge is -2.10. The predicted octanol–water partition coefficient (Wildman–Crippen LogP) is 3.73. The Morgan fingerprint density at radius 1 is 1.19 bits per heavy atom. The highest BCUT2D eigenvalue weighted by molar-refractivity contribution is 5.78. The zero-order valence-corrected chi connectivity index (χ0v) is 15.7. The van der Waals surface area contributed by atoms with Gasteiger partial charge in [0.25, 0.3) is 0 Å². The maximum Gasteiger partial charge on any atom is 0.247 e. The van der Waals surface area contributed by atoms with Crippen molar-refractivity contribution in [2.75, 3.05) is 18.5 Å². The third-order valence-corrected chi connectivity index (χ3v) is 3.81. The number of hydrogen-bond donors (Lipinski definition) is 1. The molecule has 0 aliphatic carbocycles. The van der Waals surface area contributed by atoms with Crippen LogP contribution in [0.2, 0.25) is 0 Å². The molecule has 8 nitrogen and oxygen atoms in total. The van der Waals surface area contributed by atoms with Gasteiger partial charge in [0, 0.05) is 12.6 Å². The van der Waals surface area contributed by atoms with Gasteiger partial charge in [0.15, 0.2) is 11.2 Å². The van der Waals surface area contributed by atoms with Crippen LogP contribution in [-0.2, 0) is 6.54 Å². The normalized spacial score (nSPS) is 10.7. The lowest BCUT2D eigenvalue weighted by molar-refractivity contribution is 0.327. The average Bonchev–Trinajstić information content (AvgIpc) is 3.09. The number of nitrogens with one attached hydrogen (secondary N) is 1. The summed E-state index contributed by atoms with van der Waals surface area (Å²) in [6, 6.07) is 3.66.